The van der Waals surface area contributed by atoms with E-state index >= 15 is 0 Å². The molecule has 1 heterocycles. The van der Waals surface area contributed by atoms with Gasteiger partial charge in [-0.3, -0.25) is 0 Å². The number of nitrogens with one attached hydrogen (secondary N) is 1. The second-order valence-electron chi connectivity index (χ2n) is 5.98. The van der Waals surface area contributed by atoms with E-state index in [2.05, 4.69) is 42.3 Å². The van der Waals surface area contributed by atoms with E-state index in [1.54, 1.807) is 0 Å². The Balaban J connectivity index is 2.00. The van der Waals surface area contributed by atoms with Crippen LogP contribution in [0, 0.1) is 5.92 Å². The minimum Gasteiger partial charge on any atom is -0.371 e. The molecule has 1 aromatic rings. The average Bonchev–Trinajstić information content (AvgIpc) is 2.65. The lowest BCUT2D eigenvalue weighted by Crippen LogP contribution is -2.24. The molecular weight excluding hydrogens is 268 g/mol. The first-order chi connectivity index (χ1) is 9.70. The Morgan fingerprint density at radius 3 is 2.90 bits per heavy atom. The predicted octanol–water partition coefficient (Wildman–Crippen LogP) is 4.47. The Labute approximate surface area is 128 Å². The molecule has 0 spiro atoms. The molecule has 1 saturated heterocycles. The number of hydrogen-bond acceptors (Lipinski definition) is 2. The van der Waals surface area contributed by atoms with E-state index < -0.39 is 0 Å². The summed E-state index contributed by atoms with van der Waals surface area (Å²) < 4.78 is 0. The number of rotatable bonds is 5. The van der Waals surface area contributed by atoms with Crippen LogP contribution < -0.4 is 10.2 Å². The van der Waals surface area contributed by atoms with E-state index in [0.29, 0.717) is 0 Å². The van der Waals surface area contributed by atoms with Crippen LogP contribution in [0.1, 0.15) is 45.1 Å². The highest BCUT2D eigenvalue weighted by Crippen LogP contribution is 2.27. The number of hydrogen-bond donors (Lipinski definition) is 1. The summed E-state index contributed by atoms with van der Waals surface area (Å²) in [4.78, 5) is 2.48. The monoisotopic (exact) mass is 294 g/mol. The molecule has 112 valence electrons. The Kier molecular flexibility index (Phi) is 6.18. The maximum absolute atomic E-state index is 6.43. The fraction of sp³-hybridized carbons (Fsp3) is 0.647. The molecule has 0 aromatic heterocycles. The number of benzene rings is 1. The molecule has 0 aliphatic carbocycles. The van der Waals surface area contributed by atoms with Crippen LogP contribution in [-0.2, 0) is 6.54 Å². The zero-order valence-electron chi connectivity index (χ0n) is 12.8. The average molecular weight is 295 g/mol. The van der Waals surface area contributed by atoms with Crippen molar-refractivity contribution in [3.63, 3.8) is 0 Å². The van der Waals surface area contributed by atoms with E-state index in [1.165, 1.54) is 30.5 Å². The highest BCUT2D eigenvalue weighted by Gasteiger charge is 2.15. The lowest BCUT2D eigenvalue weighted by molar-refractivity contribution is 0.521. The van der Waals surface area contributed by atoms with Crippen molar-refractivity contribution >= 4 is 17.3 Å². The summed E-state index contributed by atoms with van der Waals surface area (Å²) in [5.74, 6) is 0.855. The Hall–Kier alpha value is -0.730. The molecule has 0 radical (unpaired) electrons. The maximum Gasteiger partial charge on any atom is 0.0471 e. The lowest BCUT2D eigenvalue weighted by atomic mass is 10.0. The Morgan fingerprint density at radius 1 is 1.30 bits per heavy atom. The van der Waals surface area contributed by atoms with E-state index in [1.807, 2.05) is 0 Å². The van der Waals surface area contributed by atoms with Crippen molar-refractivity contribution in [2.75, 3.05) is 24.5 Å². The molecule has 1 unspecified atom stereocenters. The van der Waals surface area contributed by atoms with Crippen molar-refractivity contribution in [1.29, 1.82) is 0 Å². The zero-order chi connectivity index (χ0) is 14.4. The van der Waals surface area contributed by atoms with Gasteiger partial charge in [0.05, 0.1) is 0 Å². The molecule has 0 saturated carbocycles. The molecule has 1 N–H and O–H groups in total. The lowest BCUT2D eigenvalue weighted by Gasteiger charge is -2.23. The normalized spacial score (nSPS) is 19.9. The van der Waals surface area contributed by atoms with Crippen molar-refractivity contribution in [3.05, 3.63) is 28.8 Å². The predicted molar refractivity (Wildman–Crippen MR) is 88.7 cm³/mol. The quantitative estimate of drug-likeness (QED) is 0.806. The van der Waals surface area contributed by atoms with Crippen molar-refractivity contribution in [1.82, 2.24) is 5.32 Å². The van der Waals surface area contributed by atoms with Crippen LogP contribution in [0.2, 0.25) is 5.02 Å². The smallest absolute Gasteiger partial charge is 0.0471 e. The summed E-state index contributed by atoms with van der Waals surface area (Å²) >= 11 is 6.43. The number of anilines is 1. The minimum atomic E-state index is 0.855. The molecule has 2 nitrogen and oxygen atoms in total. The van der Waals surface area contributed by atoms with Crippen molar-refractivity contribution < 1.29 is 0 Å². The third kappa shape index (κ3) is 4.39. The standard InChI is InChI=1S/C17H27ClN2/c1-3-9-19-13-15-6-7-16(12-17(15)18)20-10-4-5-14(2)8-11-20/h6-7,12,14,19H,3-5,8-11,13H2,1-2H3. The van der Waals surface area contributed by atoms with Gasteiger partial charge in [-0.15, -0.1) is 0 Å². The topological polar surface area (TPSA) is 15.3 Å². The van der Waals surface area contributed by atoms with Crippen LogP contribution in [0.15, 0.2) is 18.2 Å². The summed E-state index contributed by atoms with van der Waals surface area (Å²) in [6.45, 7) is 8.77. The van der Waals surface area contributed by atoms with Gasteiger partial charge in [-0.05, 0) is 55.8 Å². The summed E-state index contributed by atoms with van der Waals surface area (Å²) in [7, 11) is 0. The second-order valence-corrected chi connectivity index (χ2v) is 6.38. The minimum absolute atomic E-state index is 0.855. The zero-order valence-corrected chi connectivity index (χ0v) is 13.5. The van der Waals surface area contributed by atoms with Gasteiger partial charge in [0.15, 0.2) is 0 Å². The van der Waals surface area contributed by atoms with Gasteiger partial charge < -0.3 is 10.2 Å². The van der Waals surface area contributed by atoms with E-state index in [0.717, 1.165) is 43.5 Å². The van der Waals surface area contributed by atoms with Gasteiger partial charge in [-0.1, -0.05) is 31.5 Å². The Morgan fingerprint density at radius 2 is 2.15 bits per heavy atom. The summed E-state index contributed by atoms with van der Waals surface area (Å²) in [5, 5.41) is 4.30. The molecule has 0 amide bonds. The van der Waals surface area contributed by atoms with Gasteiger partial charge in [0.2, 0.25) is 0 Å². The summed E-state index contributed by atoms with van der Waals surface area (Å²) in [5.41, 5.74) is 2.48. The molecule has 1 atom stereocenters. The molecule has 1 fully saturated rings. The second kappa shape index (κ2) is 7.90. The fourth-order valence-electron chi connectivity index (χ4n) is 2.80. The third-order valence-electron chi connectivity index (χ3n) is 4.16. The van der Waals surface area contributed by atoms with Crippen LogP contribution in [0.4, 0.5) is 5.69 Å². The van der Waals surface area contributed by atoms with Gasteiger partial charge >= 0.3 is 0 Å². The van der Waals surface area contributed by atoms with Gasteiger partial charge in [-0.25, -0.2) is 0 Å². The van der Waals surface area contributed by atoms with Crippen molar-refractivity contribution in [3.8, 4) is 0 Å². The molecule has 1 aliphatic rings. The van der Waals surface area contributed by atoms with Crippen molar-refractivity contribution in [2.45, 2.75) is 46.1 Å². The van der Waals surface area contributed by atoms with Crippen LogP contribution in [-0.4, -0.2) is 19.6 Å². The van der Waals surface area contributed by atoms with Gasteiger partial charge in [-0.2, -0.15) is 0 Å². The first-order valence-corrected chi connectivity index (χ1v) is 8.32. The highest BCUT2D eigenvalue weighted by molar-refractivity contribution is 6.31. The van der Waals surface area contributed by atoms with Gasteiger partial charge in [0, 0.05) is 30.3 Å². The molecule has 1 aromatic carbocycles. The maximum atomic E-state index is 6.43. The summed E-state index contributed by atoms with van der Waals surface area (Å²) in [6.07, 6.45) is 5.08. The van der Waals surface area contributed by atoms with Gasteiger partial charge in [0.1, 0.15) is 0 Å². The molecule has 1 aliphatic heterocycles. The first-order valence-electron chi connectivity index (χ1n) is 7.94. The number of nitrogens with zero attached hydrogens (tertiary/aromatic N) is 1. The molecule has 0 bridgehead atoms. The third-order valence-corrected chi connectivity index (χ3v) is 4.51. The van der Waals surface area contributed by atoms with Crippen LogP contribution in [0.3, 0.4) is 0 Å². The van der Waals surface area contributed by atoms with Crippen molar-refractivity contribution in [2.24, 2.45) is 5.92 Å². The van der Waals surface area contributed by atoms with Gasteiger partial charge in [0.25, 0.3) is 0 Å². The molecule has 20 heavy (non-hydrogen) atoms. The van der Waals surface area contributed by atoms with Crippen LogP contribution in [0.5, 0.6) is 0 Å². The van der Waals surface area contributed by atoms with E-state index in [4.69, 9.17) is 11.6 Å². The van der Waals surface area contributed by atoms with E-state index in [-0.39, 0.29) is 0 Å². The largest absolute Gasteiger partial charge is 0.371 e. The fourth-order valence-corrected chi connectivity index (χ4v) is 3.04. The van der Waals surface area contributed by atoms with E-state index in [9.17, 15) is 0 Å². The van der Waals surface area contributed by atoms with Crippen LogP contribution >= 0.6 is 11.6 Å². The Bertz CT molecular complexity index is 419. The molecule has 2 rings (SSSR count). The molecule has 3 heteroatoms. The number of halogens is 1. The highest BCUT2D eigenvalue weighted by atomic mass is 35.5. The SMILES string of the molecule is CCCNCc1ccc(N2CCCC(C)CC2)cc1Cl. The summed E-state index contributed by atoms with van der Waals surface area (Å²) in [6, 6.07) is 6.54. The first kappa shape index (κ1) is 15.7. The van der Waals surface area contributed by atoms with Crippen LogP contribution in [0.25, 0.3) is 0 Å². The molecular formula is C17H27ClN2.